The van der Waals surface area contributed by atoms with Crippen molar-refractivity contribution in [2.75, 3.05) is 13.7 Å². The van der Waals surface area contributed by atoms with Crippen LogP contribution in [0, 0.1) is 0 Å². The Hall–Kier alpha value is -0.380. The summed E-state index contributed by atoms with van der Waals surface area (Å²) in [4.78, 5) is 2.03. The molecular formula is C9H17NO2. The molecule has 3 heteroatoms. The van der Waals surface area contributed by atoms with Gasteiger partial charge in [-0.1, -0.05) is 6.08 Å². The highest BCUT2D eigenvalue weighted by Gasteiger charge is 2.40. The molecule has 0 amide bonds. The first-order valence-electron chi connectivity index (χ1n) is 4.16. The fraction of sp³-hybridized carbons (Fsp3) is 0.778. The lowest BCUT2D eigenvalue weighted by molar-refractivity contribution is -0.0444. The van der Waals surface area contributed by atoms with Gasteiger partial charge in [0.05, 0.1) is 18.8 Å². The Morgan fingerprint density at radius 2 is 2.33 bits per heavy atom. The lowest BCUT2D eigenvalue weighted by atomic mass is 10.1. The van der Waals surface area contributed by atoms with Crippen LogP contribution in [0.5, 0.6) is 0 Å². The molecule has 0 unspecified atom stereocenters. The van der Waals surface area contributed by atoms with Gasteiger partial charge < -0.3 is 9.84 Å². The Labute approximate surface area is 73.6 Å². The van der Waals surface area contributed by atoms with E-state index < -0.39 is 6.10 Å². The Morgan fingerprint density at radius 3 is 2.67 bits per heavy atom. The normalized spacial score (nSPS) is 31.8. The SMILES string of the molecule is C=C[C@@H](O)[C@@H]1COC(C)(C)N1C. The molecule has 70 valence electrons. The molecule has 0 bridgehead atoms. The number of hydrogen-bond donors (Lipinski definition) is 1. The van der Waals surface area contributed by atoms with E-state index >= 15 is 0 Å². The molecule has 3 nitrogen and oxygen atoms in total. The Kier molecular flexibility index (Phi) is 2.56. The molecular weight excluding hydrogens is 154 g/mol. The molecule has 0 aromatic carbocycles. The van der Waals surface area contributed by atoms with Crippen molar-refractivity contribution < 1.29 is 9.84 Å². The number of rotatable bonds is 2. The van der Waals surface area contributed by atoms with Crippen LogP contribution in [0.3, 0.4) is 0 Å². The number of likely N-dealkylation sites (N-methyl/N-ethyl adjacent to an activating group) is 1. The monoisotopic (exact) mass is 171 g/mol. The molecule has 0 spiro atoms. The van der Waals surface area contributed by atoms with Gasteiger partial charge in [0.1, 0.15) is 5.72 Å². The number of aliphatic hydroxyl groups excluding tert-OH is 1. The first-order chi connectivity index (χ1) is 5.49. The summed E-state index contributed by atoms with van der Waals surface area (Å²) in [7, 11) is 1.95. The largest absolute Gasteiger partial charge is 0.387 e. The molecule has 0 aromatic heterocycles. The van der Waals surface area contributed by atoms with Crippen LogP contribution in [0.1, 0.15) is 13.8 Å². The van der Waals surface area contributed by atoms with Crippen LogP contribution < -0.4 is 0 Å². The quantitative estimate of drug-likeness (QED) is 0.618. The summed E-state index contributed by atoms with van der Waals surface area (Å²) in [5, 5.41) is 9.52. The summed E-state index contributed by atoms with van der Waals surface area (Å²) < 4.78 is 5.51. The van der Waals surface area contributed by atoms with Crippen molar-refractivity contribution in [3.63, 3.8) is 0 Å². The minimum absolute atomic E-state index is 0.0394. The molecule has 0 aliphatic carbocycles. The molecule has 1 aliphatic heterocycles. The maximum absolute atomic E-state index is 9.52. The van der Waals surface area contributed by atoms with Crippen molar-refractivity contribution in [2.24, 2.45) is 0 Å². The van der Waals surface area contributed by atoms with E-state index in [0.29, 0.717) is 6.61 Å². The highest BCUT2D eigenvalue weighted by molar-refractivity contribution is 4.95. The first-order valence-corrected chi connectivity index (χ1v) is 4.16. The molecule has 1 rings (SSSR count). The van der Waals surface area contributed by atoms with Gasteiger partial charge in [0.25, 0.3) is 0 Å². The van der Waals surface area contributed by atoms with Crippen molar-refractivity contribution in [1.82, 2.24) is 4.90 Å². The van der Waals surface area contributed by atoms with Crippen LogP contribution in [0.2, 0.25) is 0 Å². The molecule has 2 atom stereocenters. The van der Waals surface area contributed by atoms with Gasteiger partial charge in [0, 0.05) is 0 Å². The van der Waals surface area contributed by atoms with Crippen molar-refractivity contribution in [1.29, 1.82) is 0 Å². The molecule has 0 aromatic rings. The maximum Gasteiger partial charge on any atom is 0.116 e. The lowest BCUT2D eigenvalue weighted by Gasteiger charge is -2.30. The predicted molar refractivity (Wildman–Crippen MR) is 47.8 cm³/mol. The fourth-order valence-electron chi connectivity index (χ4n) is 1.39. The van der Waals surface area contributed by atoms with Gasteiger partial charge >= 0.3 is 0 Å². The van der Waals surface area contributed by atoms with Crippen LogP contribution >= 0.6 is 0 Å². The standard InChI is InChI=1S/C9H17NO2/c1-5-8(11)7-6-12-9(2,3)10(7)4/h5,7-8,11H,1,6H2,2-4H3/t7-,8+/m0/s1. The lowest BCUT2D eigenvalue weighted by Crippen LogP contribution is -2.45. The Balaban J connectivity index is 2.66. The van der Waals surface area contributed by atoms with Crippen molar-refractivity contribution in [3.05, 3.63) is 12.7 Å². The molecule has 0 saturated carbocycles. The third-order valence-corrected chi connectivity index (χ3v) is 2.59. The van der Waals surface area contributed by atoms with Gasteiger partial charge in [-0.15, -0.1) is 6.58 Å². The van der Waals surface area contributed by atoms with Crippen LogP contribution in [0.4, 0.5) is 0 Å². The molecule has 12 heavy (non-hydrogen) atoms. The average Bonchev–Trinajstić information content (AvgIpc) is 2.27. The van der Waals surface area contributed by atoms with E-state index in [2.05, 4.69) is 6.58 Å². The maximum atomic E-state index is 9.52. The van der Waals surface area contributed by atoms with E-state index in [4.69, 9.17) is 4.74 Å². The summed E-state index contributed by atoms with van der Waals surface area (Å²) in [6.07, 6.45) is 1.04. The zero-order chi connectivity index (χ0) is 9.35. The fourth-order valence-corrected chi connectivity index (χ4v) is 1.39. The van der Waals surface area contributed by atoms with Crippen molar-refractivity contribution in [3.8, 4) is 0 Å². The zero-order valence-electron chi connectivity index (χ0n) is 7.95. The third-order valence-electron chi connectivity index (χ3n) is 2.59. The summed E-state index contributed by atoms with van der Waals surface area (Å²) in [6, 6.07) is 0.0394. The van der Waals surface area contributed by atoms with Gasteiger partial charge in [0.2, 0.25) is 0 Å². The summed E-state index contributed by atoms with van der Waals surface area (Å²) >= 11 is 0. The average molecular weight is 171 g/mol. The van der Waals surface area contributed by atoms with Crippen LogP contribution in [0.15, 0.2) is 12.7 Å². The van der Waals surface area contributed by atoms with E-state index in [0.717, 1.165) is 0 Å². The number of hydrogen-bond acceptors (Lipinski definition) is 3. The predicted octanol–water partition coefficient (Wildman–Crippen LogP) is 0.600. The summed E-state index contributed by atoms with van der Waals surface area (Å²) in [6.45, 7) is 8.10. The van der Waals surface area contributed by atoms with Crippen molar-refractivity contribution >= 4 is 0 Å². The van der Waals surface area contributed by atoms with Crippen molar-refractivity contribution in [2.45, 2.75) is 31.7 Å². The highest BCUT2D eigenvalue weighted by atomic mass is 16.5. The van der Waals surface area contributed by atoms with E-state index in [1.165, 1.54) is 0 Å². The van der Waals surface area contributed by atoms with Gasteiger partial charge in [-0.25, -0.2) is 0 Å². The summed E-state index contributed by atoms with van der Waals surface area (Å²) in [5.41, 5.74) is -0.269. The van der Waals surface area contributed by atoms with Gasteiger partial charge in [0.15, 0.2) is 0 Å². The number of ether oxygens (including phenoxy) is 1. The minimum Gasteiger partial charge on any atom is -0.387 e. The highest BCUT2D eigenvalue weighted by Crippen LogP contribution is 2.26. The summed E-state index contributed by atoms with van der Waals surface area (Å²) in [5.74, 6) is 0. The second-order valence-corrected chi connectivity index (χ2v) is 3.66. The smallest absolute Gasteiger partial charge is 0.116 e. The molecule has 1 N–H and O–H groups in total. The number of nitrogens with zero attached hydrogens (tertiary/aromatic N) is 1. The van der Waals surface area contributed by atoms with Crippen LogP contribution in [0.25, 0.3) is 0 Å². The zero-order valence-corrected chi connectivity index (χ0v) is 7.95. The Bertz CT molecular complexity index is 179. The first kappa shape index (κ1) is 9.71. The number of aliphatic hydroxyl groups is 1. The minimum atomic E-state index is -0.503. The molecule has 0 radical (unpaired) electrons. The van der Waals surface area contributed by atoms with E-state index in [1.807, 2.05) is 25.8 Å². The van der Waals surface area contributed by atoms with E-state index in [-0.39, 0.29) is 11.8 Å². The van der Waals surface area contributed by atoms with E-state index in [9.17, 15) is 5.11 Å². The second-order valence-electron chi connectivity index (χ2n) is 3.66. The van der Waals surface area contributed by atoms with Gasteiger partial charge in [-0.3, -0.25) is 4.90 Å². The third kappa shape index (κ3) is 1.53. The second kappa shape index (κ2) is 3.17. The molecule has 1 saturated heterocycles. The molecule has 1 heterocycles. The Morgan fingerprint density at radius 1 is 1.75 bits per heavy atom. The molecule has 1 fully saturated rings. The molecule has 1 aliphatic rings. The van der Waals surface area contributed by atoms with E-state index in [1.54, 1.807) is 6.08 Å². The van der Waals surface area contributed by atoms with Crippen LogP contribution in [-0.2, 0) is 4.74 Å². The topological polar surface area (TPSA) is 32.7 Å². The van der Waals surface area contributed by atoms with Crippen LogP contribution in [-0.4, -0.2) is 41.5 Å². The van der Waals surface area contributed by atoms with Gasteiger partial charge in [-0.2, -0.15) is 0 Å². The van der Waals surface area contributed by atoms with Gasteiger partial charge in [-0.05, 0) is 20.9 Å².